The number of hydrogen-bond acceptors (Lipinski definition) is 7. The highest BCUT2D eigenvalue weighted by molar-refractivity contribution is 8.01. The molecule has 2 heterocycles. The number of nitrogens with one attached hydrogen (secondary N) is 1. The van der Waals surface area contributed by atoms with Gasteiger partial charge < -0.3 is 10.2 Å². The van der Waals surface area contributed by atoms with E-state index in [2.05, 4.69) is 46.9 Å². The Morgan fingerprint density at radius 3 is 2.85 bits per heavy atom. The van der Waals surface area contributed by atoms with Gasteiger partial charge in [-0.3, -0.25) is 4.79 Å². The summed E-state index contributed by atoms with van der Waals surface area (Å²) in [5, 5.41) is 16.5. The highest BCUT2D eigenvalue weighted by atomic mass is 32.2. The summed E-state index contributed by atoms with van der Waals surface area (Å²) in [7, 11) is 1.83. The molecule has 0 fully saturated rings. The second-order valence-electron chi connectivity index (χ2n) is 5.99. The number of rotatable bonds is 7. The standard InChI is InChI=1S/C18H20N4OS3/c1-12-4-5-15(13(2)8-12)19-17-20-21-18(26-17)25-11-16(23)22(3)9-14-6-7-24-10-14/h4-8,10H,9,11H2,1-3H3,(H,19,20). The van der Waals surface area contributed by atoms with Crippen LogP contribution in [0.1, 0.15) is 16.7 Å². The molecule has 1 aromatic carbocycles. The summed E-state index contributed by atoms with van der Waals surface area (Å²) >= 11 is 4.53. The Bertz CT molecular complexity index is 876. The molecule has 3 aromatic rings. The molecular weight excluding hydrogens is 384 g/mol. The van der Waals surface area contributed by atoms with Gasteiger partial charge >= 0.3 is 0 Å². The van der Waals surface area contributed by atoms with Crippen molar-refractivity contribution in [1.82, 2.24) is 15.1 Å². The highest BCUT2D eigenvalue weighted by Gasteiger charge is 2.13. The molecule has 1 amide bonds. The van der Waals surface area contributed by atoms with Gasteiger partial charge in [0.05, 0.1) is 5.75 Å². The number of hydrogen-bond donors (Lipinski definition) is 1. The zero-order chi connectivity index (χ0) is 18.5. The second kappa shape index (κ2) is 8.66. The van der Waals surface area contributed by atoms with E-state index in [9.17, 15) is 4.79 Å². The van der Waals surface area contributed by atoms with E-state index in [0.29, 0.717) is 12.3 Å². The van der Waals surface area contributed by atoms with Gasteiger partial charge in [0.2, 0.25) is 11.0 Å². The Morgan fingerprint density at radius 2 is 2.12 bits per heavy atom. The summed E-state index contributed by atoms with van der Waals surface area (Å²) in [6.07, 6.45) is 0. The molecule has 0 bridgehead atoms. The van der Waals surface area contributed by atoms with E-state index in [0.717, 1.165) is 20.7 Å². The van der Waals surface area contributed by atoms with E-state index in [1.165, 1.54) is 34.2 Å². The monoisotopic (exact) mass is 404 g/mol. The minimum atomic E-state index is 0.0836. The number of aromatic nitrogens is 2. The van der Waals surface area contributed by atoms with E-state index in [4.69, 9.17) is 0 Å². The van der Waals surface area contributed by atoms with Crippen molar-refractivity contribution in [3.05, 3.63) is 51.7 Å². The van der Waals surface area contributed by atoms with Crippen LogP contribution in [0.25, 0.3) is 0 Å². The third-order valence-corrected chi connectivity index (χ3v) is 6.46. The minimum Gasteiger partial charge on any atom is -0.341 e. The van der Waals surface area contributed by atoms with Crippen LogP contribution in [-0.4, -0.2) is 33.8 Å². The fourth-order valence-electron chi connectivity index (χ4n) is 2.37. The fourth-order valence-corrected chi connectivity index (χ4v) is 4.73. The molecule has 0 atom stereocenters. The van der Waals surface area contributed by atoms with Crippen molar-refractivity contribution in [2.75, 3.05) is 18.1 Å². The predicted molar refractivity (Wildman–Crippen MR) is 111 cm³/mol. The quantitative estimate of drug-likeness (QED) is 0.578. The van der Waals surface area contributed by atoms with Crippen LogP contribution in [0.2, 0.25) is 0 Å². The van der Waals surface area contributed by atoms with Crippen LogP contribution in [0.5, 0.6) is 0 Å². The number of thiophene rings is 1. The molecule has 0 aliphatic heterocycles. The van der Waals surface area contributed by atoms with Gasteiger partial charge in [0.15, 0.2) is 4.34 Å². The number of benzene rings is 1. The number of carbonyl (C=O) groups excluding carboxylic acids is 1. The van der Waals surface area contributed by atoms with Gasteiger partial charge in [-0.2, -0.15) is 11.3 Å². The minimum absolute atomic E-state index is 0.0836. The summed E-state index contributed by atoms with van der Waals surface area (Å²) in [5.41, 5.74) is 4.58. The van der Waals surface area contributed by atoms with Crippen LogP contribution in [0, 0.1) is 13.8 Å². The van der Waals surface area contributed by atoms with Crippen molar-refractivity contribution in [3.8, 4) is 0 Å². The first kappa shape index (κ1) is 18.9. The summed E-state index contributed by atoms with van der Waals surface area (Å²) in [6.45, 7) is 4.77. The maximum atomic E-state index is 12.3. The number of thioether (sulfide) groups is 1. The molecule has 0 saturated carbocycles. The van der Waals surface area contributed by atoms with Gasteiger partial charge in [0.1, 0.15) is 0 Å². The van der Waals surface area contributed by atoms with Gasteiger partial charge in [-0.05, 0) is 47.9 Å². The maximum Gasteiger partial charge on any atom is 0.233 e. The number of nitrogens with zero attached hydrogens (tertiary/aromatic N) is 3. The lowest BCUT2D eigenvalue weighted by Crippen LogP contribution is -2.27. The van der Waals surface area contributed by atoms with Crippen molar-refractivity contribution < 1.29 is 4.79 Å². The van der Waals surface area contributed by atoms with Crippen LogP contribution >= 0.6 is 34.4 Å². The van der Waals surface area contributed by atoms with Crippen LogP contribution in [-0.2, 0) is 11.3 Å². The SMILES string of the molecule is Cc1ccc(Nc2nnc(SCC(=O)N(C)Cc3ccsc3)s2)c(C)c1. The van der Waals surface area contributed by atoms with Crippen LogP contribution in [0.15, 0.2) is 39.4 Å². The lowest BCUT2D eigenvalue weighted by Gasteiger charge is -2.15. The first-order valence-electron chi connectivity index (χ1n) is 8.07. The first-order valence-corrected chi connectivity index (χ1v) is 10.8. The largest absolute Gasteiger partial charge is 0.341 e. The van der Waals surface area contributed by atoms with Gasteiger partial charge in [-0.1, -0.05) is 40.8 Å². The highest BCUT2D eigenvalue weighted by Crippen LogP contribution is 2.29. The van der Waals surface area contributed by atoms with Crippen molar-refractivity contribution in [2.24, 2.45) is 0 Å². The number of anilines is 2. The van der Waals surface area contributed by atoms with E-state index in [1.54, 1.807) is 16.2 Å². The molecule has 0 spiro atoms. The molecule has 3 rings (SSSR count). The van der Waals surface area contributed by atoms with Gasteiger partial charge in [-0.25, -0.2) is 0 Å². The number of aryl methyl sites for hydroxylation is 2. The smallest absolute Gasteiger partial charge is 0.233 e. The summed E-state index contributed by atoms with van der Waals surface area (Å²) in [5.74, 6) is 0.444. The van der Waals surface area contributed by atoms with Crippen molar-refractivity contribution in [3.63, 3.8) is 0 Å². The Kier molecular flexibility index (Phi) is 6.29. The van der Waals surface area contributed by atoms with Crippen LogP contribution in [0.4, 0.5) is 10.8 Å². The topological polar surface area (TPSA) is 58.1 Å². The molecule has 0 aliphatic rings. The molecule has 0 radical (unpaired) electrons. The van der Waals surface area contributed by atoms with Crippen molar-refractivity contribution in [1.29, 1.82) is 0 Å². The third kappa shape index (κ3) is 5.06. The van der Waals surface area contributed by atoms with E-state index in [-0.39, 0.29) is 5.91 Å². The Morgan fingerprint density at radius 1 is 1.27 bits per heavy atom. The zero-order valence-electron chi connectivity index (χ0n) is 14.9. The van der Waals surface area contributed by atoms with Crippen molar-refractivity contribution in [2.45, 2.75) is 24.7 Å². The molecule has 2 aromatic heterocycles. The second-order valence-corrected chi connectivity index (χ2v) is 8.97. The summed E-state index contributed by atoms with van der Waals surface area (Å²) in [6, 6.07) is 8.27. The Hall–Kier alpha value is -1.90. The van der Waals surface area contributed by atoms with E-state index in [1.807, 2.05) is 24.6 Å². The summed E-state index contributed by atoms with van der Waals surface area (Å²) in [4.78, 5) is 14.0. The zero-order valence-corrected chi connectivity index (χ0v) is 17.3. The molecule has 0 saturated heterocycles. The molecule has 136 valence electrons. The van der Waals surface area contributed by atoms with Crippen LogP contribution < -0.4 is 5.32 Å². The van der Waals surface area contributed by atoms with E-state index >= 15 is 0 Å². The Balaban J connectivity index is 1.52. The lowest BCUT2D eigenvalue weighted by molar-refractivity contribution is -0.127. The van der Waals surface area contributed by atoms with E-state index < -0.39 is 0 Å². The third-order valence-electron chi connectivity index (χ3n) is 3.77. The molecule has 26 heavy (non-hydrogen) atoms. The Labute approximate surface area is 165 Å². The molecule has 1 N–H and O–H groups in total. The van der Waals surface area contributed by atoms with Gasteiger partial charge in [-0.15, -0.1) is 10.2 Å². The molecule has 0 aliphatic carbocycles. The van der Waals surface area contributed by atoms with Gasteiger partial charge in [0, 0.05) is 19.3 Å². The van der Waals surface area contributed by atoms with Gasteiger partial charge in [0.25, 0.3) is 0 Å². The molecule has 5 nitrogen and oxygen atoms in total. The average Bonchev–Trinajstić information content (AvgIpc) is 3.27. The normalized spacial score (nSPS) is 10.7. The molecule has 8 heteroatoms. The average molecular weight is 405 g/mol. The molecular formula is C18H20N4OS3. The number of carbonyl (C=O) groups is 1. The number of amides is 1. The lowest BCUT2D eigenvalue weighted by atomic mass is 10.1. The van der Waals surface area contributed by atoms with Crippen molar-refractivity contribution >= 4 is 51.2 Å². The summed E-state index contributed by atoms with van der Waals surface area (Å²) < 4.78 is 0.787. The first-order chi connectivity index (χ1) is 12.5. The van der Waals surface area contributed by atoms with Crippen LogP contribution in [0.3, 0.4) is 0 Å². The predicted octanol–water partition coefficient (Wildman–Crippen LogP) is 4.71. The maximum absolute atomic E-state index is 12.3. The molecule has 0 unspecified atom stereocenters. The fraction of sp³-hybridized carbons (Fsp3) is 0.278.